The Labute approximate surface area is 153 Å². The third-order valence-corrected chi connectivity index (χ3v) is 5.00. The maximum absolute atomic E-state index is 12.8. The van der Waals surface area contributed by atoms with E-state index >= 15 is 0 Å². The molecule has 0 saturated carbocycles. The topological polar surface area (TPSA) is 96.6 Å². The molecule has 2 N–H and O–H groups in total. The van der Waals surface area contributed by atoms with E-state index in [1.54, 1.807) is 34.2 Å². The molecule has 26 heavy (non-hydrogen) atoms. The van der Waals surface area contributed by atoms with E-state index in [4.69, 9.17) is 5.73 Å². The molecule has 2 fully saturated rings. The third kappa shape index (κ3) is 3.49. The Morgan fingerprint density at radius 2 is 2.04 bits per heavy atom. The molecule has 0 spiro atoms. The summed E-state index contributed by atoms with van der Waals surface area (Å²) >= 11 is 0. The minimum Gasteiger partial charge on any atom is -0.329 e. The van der Waals surface area contributed by atoms with Gasteiger partial charge < -0.3 is 15.5 Å². The number of rotatable bonds is 3. The Balaban J connectivity index is 1.75. The van der Waals surface area contributed by atoms with E-state index in [2.05, 4.69) is 4.98 Å². The quantitative estimate of drug-likeness (QED) is 0.864. The number of hydrogen-bond acceptors (Lipinski definition) is 5. The van der Waals surface area contributed by atoms with Crippen LogP contribution in [0.1, 0.15) is 44.1 Å². The van der Waals surface area contributed by atoms with E-state index in [-0.39, 0.29) is 35.6 Å². The Kier molecular flexibility index (Phi) is 4.84. The van der Waals surface area contributed by atoms with Crippen molar-refractivity contribution in [1.29, 1.82) is 0 Å². The van der Waals surface area contributed by atoms with Gasteiger partial charge in [-0.2, -0.15) is 0 Å². The van der Waals surface area contributed by atoms with E-state index in [1.165, 1.54) is 0 Å². The number of likely N-dealkylation sites (tertiary alicyclic amines) is 2. The highest BCUT2D eigenvalue weighted by Crippen LogP contribution is 2.32. The van der Waals surface area contributed by atoms with Crippen LogP contribution < -0.4 is 5.73 Å². The maximum Gasteiger partial charge on any atom is 0.273 e. The van der Waals surface area contributed by atoms with Crippen LogP contribution in [-0.4, -0.2) is 63.6 Å². The van der Waals surface area contributed by atoms with Gasteiger partial charge in [0.2, 0.25) is 5.91 Å². The number of hydrogen-bond donors (Lipinski definition) is 1. The molecule has 3 unspecified atom stereocenters. The fourth-order valence-corrected chi connectivity index (χ4v) is 3.94. The molecule has 0 bridgehead atoms. The number of aromatic nitrogens is 1. The largest absolute Gasteiger partial charge is 0.329 e. The molecule has 2 amide bonds. The van der Waals surface area contributed by atoms with Crippen LogP contribution in [0.5, 0.6) is 0 Å². The number of amides is 2. The summed E-state index contributed by atoms with van der Waals surface area (Å²) < 4.78 is 0. The van der Waals surface area contributed by atoms with Crippen molar-refractivity contribution in [2.45, 2.75) is 51.7 Å². The first-order valence-corrected chi connectivity index (χ1v) is 9.00. The van der Waals surface area contributed by atoms with Crippen molar-refractivity contribution in [2.24, 2.45) is 11.1 Å². The van der Waals surface area contributed by atoms with Gasteiger partial charge in [-0.05, 0) is 30.4 Å². The molecule has 3 atom stereocenters. The van der Waals surface area contributed by atoms with Crippen LogP contribution in [0.4, 0.5) is 0 Å². The molecule has 0 aromatic carbocycles. The Morgan fingerprint density at radius 3 is 2.65 bits per heavy atom. The van der Waals surface area contributed by atoms with Crippen LogP contribution in [0.25, 0.3) is 0 Å². The summed E-state index contributed by atoms with van der Waals surface area (Å²) in [5, 5.41) is 0. The molecule has 7 nitrogen and oxygen atoms in total. The molecule has 140 valence electrons. The molecular weight excluding hydrogens is 332 g/mol. The number of nitrogens with zero attached hydrogens (tertiary/aromatic N) is 3. The SMILES string of the molecule is CC(C)(C)CC(N)C(=O)N1CCC2C1C(=O)CN2C(=O)c1ccccn1. The number of fused-ring (bicyclic) bond motifs is 1. The smallest absolute Gasteiger partial charge is 0.273 e. The summed E-state index contributed by atoms with van der Waals surface area (Å²) in [4.78, 5) is 45.3. The Morgan fingerprint density at radius 1 is 1.31 bits per heavy atom. The van der Waals surface area contributed by atoms with Crippen LogP contribution in [0.3, 0.4) is 0 Å². The van der Waals surface area contributed by atoms with Gasteiger partial charge in [0, 0.05) is 12.7 Å². The first kappa shape index (κ1) is 18.5. The molecule has 2 aliphatic rings. The van der Waals surface area contributed by atoms with E-state index in [0.717, 1.165) is 0 Å². The van der Waals surface area contributed by atoms with Crippen molar-refractivity contribution in [3.05, 3.63) is 30.1 Å². The first-order chi connectivity index (χ1) is 12.2. The van der Waals surface area contributed by atoms with Crippen LogP contribution in [0, 0.1) is 5.41 Å². The Hall–Kier alpha value is -2.28. The minimum absolute atomic E-state index is 0.0169. The van der Waals surface area contributed by atoms with Gasteiger partial charge in [0.05, 0.1) is 18.6 Å². The second kappa shape index (κ2) is 6.79. The van der Waals surface area contributed by atoms with E-state index in [1.807, 2.05) is 20.8 Å². The standard InChI is InChI=1S/C19H26N4O3/c1-19(2,3)10-12(20)17(25)22-9-7-14-16(22)15(24)11-23(14)18(26)13-6-4-5-8-21-13/h4-6,8,12,14,16H,7,9-11,20H2,1-3H3. The third-order valence-electron chi connectivity index (χ3n) is 5.00. The van der Waals surface area contributed by atoms with Gasteiger partial charge in [0.15, 0.2) is 5.78 Å². The summed E-state index contributed by atoms with van der Waals surface area (Å²) in [6.45, 7) is 6.55. The first-order valence-electron chi connectivity index (χ1n) is 9.00. The molecule has 2 aliphatic heterocycles. The molecule has 7 heteroatoms. The van der Waals surface area contributed by atoms with Gasteiger partial charge in [-0.15, -0.1) is 0 Å². The van der Waals surface area contributed by atoms with Crippen LogP contribution in [0.15, 0.2) is 24.4 Å². The van der Waals surface area contributed by atoms with Crippen molar-refractivity contribution in [1.82, 2.24) is 14.8 Å². The highest BCUT2D eigenvalue weighted by atomic mass is 16.2. The summed E-state index contributed by atoms with van der Waals surface area (Å²) in [6.07, 6.45) is 2.69. The van der Waals surface area contributed by atoms with Crippen molar-refractivity contribution in [2.75, 3.05) is 13.1 Å². The normalized spacial score (nSPS) is 23.9. The summed E-state index contributed by atoms with van der Waals surface area (Å²) in [5.41, 5.74) is 6.34. The zero-order valence-corrected chi connectivity index (χ0v) is 15.5. The van der Waals surface area contributed by atoms with Crippen molar-refractivity contribution in [3.63, 3.8) is 0 Å². The summed E-state index contributed by atoms with van der Waals surface area (Å²) in [6, 6.07) is 3.61. The maximum atomic E-state index is 12.8. The lowest BCUT2D eigenvalue weighted by molar-refractivity contribution is -0.138. The monoisotopic (exact) mass is 358 g/mol. The van der Waals surface area contributed by atoms with Gasteiger partial charge in [-0.3, -0.25) is 19.4 Å². The van der Waals surface area contributed by atoms with Crippen molar-refractivity contribution < 1.29 is 14.4 Å². The lowest BCUT2D eigenvalue weighted by atomic mass is 9.88. The fraction of sp³-hybridized carbons (Fsp3) is 0.579. The van der Waals surface area contributed by atoms with Crippen LogP contribution in [-0.2, 0) is 9.59 Å². The average molecular weight is 358 g/mol. The van der Waals surface area contributed by atoms with E-state index in [0.29, 0.717) is 25.1 Å². The average Bonchev–Trinajstić information content (AvgIpc) is 3.14. The molecule has 0 aliphatic carbocycles. The number of nitrogens with two attached hydrogens (primary N) is 1. The molecule has 0 radical (unpaired) electrons. The van der Waals surface area contributed by atoms with E-state index in [9.17, 15) is 14.4 Å². The lowest BCUT2D eigenvalue weighted by Crippen LogP contribution is -2.50. The lowest BCUT2D eigenvalue weighted by Gasteiger charge is -2.29. The second-order valence-corrected chi connectivity index (χ2v) is 8.32. The van der Waals surface area contributed by atoms with Gasteiger partial charge in [-0.1, -0.05) is 26.8 Å². The molecule has 1 aromatic rings. The number of pyridine rings is 1. The number of carbonyl (C=O) groups excluding carboxylic acids is 3. The second-order valence-electron chi connectivity index (χ2n) is 8.32. The molecular formula is C19H26N4O3. The highest BCUT2D eigenvalue weighted by Gasteiger charge is 2.52. The van der Waals surface area contributed by atoms with Gasteiger partial charge >= 0.3 is 0 Å². The van der Waals surface area contributed by atoms with Crippen molar-refractivity contribution in [3.8, 4) is 0 Å². The predicted octanol–water partition coefficient (Wildman–Crippen LogP) is 0.840. The number of Topliss-reactive ketones (excluding diaryl/α,β-unsaturated/α-hetero) is 1. The number of ketones is 1. The van der Waals surface area contributed by atoms with Crippen molar-refractivity contribution >= 4 is 17.6 Å². The minimum atomic E-state index is -0.637. The summed E-state index contributed by atoms with van der Waals surface area (Å²) in [7, 11) is 0. The molecule has 3 heterocycles. The van der Waals surface area contributed by atoms with Crippen LogP contribution in [0.2, 0.25) is 0 Å². The highest BCUT2D eigenvalue weighted by molar-refractivity contribution is 6.01. The fourth-order valence-electron chi connectivity index (χ4n) is 3.94. The van der Waals surface area contributed by atoms with Gasteiger partial charge in [-0.25, -0.2) is 0 Å². The Bertz CT molecular complexity index is 713. The zero-order valence-electron chi connectivity index (χ0n) is 15.5. The molecule has 1 aromatic heterocycles. The zero-order chi connectivity index (χ0) is 19.1. The van der Waals surface area contributed by atoms with Gasteiger partial charge in [0.25, 0.3) is 5.91 Å². The summed E-state index contributed by atoms with van der Waals surface area (Å²) in [5.74, 6) is -0.569. The van der Waals surface area contributed by atoms with E-state index < -0.39 is 12.1 Å². The van der Waals surface area contributed by atoms with Crippen LogP contribution >= 0.6 is 0 Å². The predicted molar refractivity (Wildman–Crippen MR) is 96.2 cm³/mol. The molecule has 2 saturated heterocycles. The number of carbonyl (C=O) groups is 3. The van der Waals surface area contributed by atoms with Gasteiger partial charge in [0.1, 0.15) is 11.7 Å². The molecule has 3 rings (SSSR count).